The van der Waals surface area contributed by atoms with Crippen molar-refractivity contribution in [3.63, 3.8) is 0 Å². The van der Waals surface area contributed by atoms with Crippen LogP contribution in [-0.2, 0) is 20.9 Å². The number of nitrogens with one attached hydrogen (secondary N) is 1. The molecule has 0 aliphatic carbocycles. The van der Waals surface area contributed by atoms with Gasteiger partial charge in [0.05, 0.1) is 11.0 Å². The molecule has 0 unspecified atom stereocenters. The second-order valence-electron chi connectivity index (χ2n) is 6.72. The van der Waals surface area contributed by atoms with Gasteiger partial charge in [-0.25, -0.2) is 4.98 Å². The standard InChI is InChI=1S/C21H23N3O3/c1-13-9-14(2)21(15(3)10-13)23-19(25)12-27-20(26)11-24-16(4)22-17-7-5-6-8-18(17)24/h5-10H,11-12H2,1-4H3,(H,23,25). The molecule has 0 saturated heterocycles. The molecule has 1 aromatic heterocycles. The highest BCUT2D eigenvalue weighted by Gasteiger charge is 2.14. The van der Waals surface area contributed by atoms with Gasteiger partial charge in [-0.05, 0) is 51.0 Å². The Balaban J connectivity index is 1.61. The third kappa shape index (κ3) is 4.16. The first-order chi connectivity index (χ1) is 12.8. The summed E-state index contributed by atoms with van der Waals surface area (Å²) in [6.07, 6.45) is 0. The van der Waals surface area contributed by atoms with E-state index in [1.807, 2.05) is 64.1 Å². The van der Waals surface area contributed by atoms with Gasteiger partial charge >= 0.3 is 5.97 Å². The Morgan fingerprint density at radius 2 is 1.74 bits per heavy atom. The van der Waals surface area contributed by atoms with Crippen LogP contribution in [0.4, 0.5) is 5.69 Å². The van der Waals surface area contributed by atoms with E-state index >= 15 is 0 Å². The van der Waals surface area contributed by atoms with Gasteiger partial charge in [0.2, 0.25) is 0 Å². The summed E-state index contributed by atoms with van der Waals surface area (Å²) in [6, 6.07) is 11.6. The first-order valence-electron chi connectivity index (χ1n) is 8.80. The summed E-state index contributed by atoms with van der Waals surface area (Å²) in [4.78, 5) is 28.8. The number of rotatable bonds is 5. The van der Waals surface area contributed by atoms with E-state index in [4.69, 9.17) is 4.74 Å². The third-order valence-corrected chi connectivity index (χ3v) is 4.44. The fourth-order valence-electron chi connectivity index (χ4n) is 3.27. The molecule has 2 aromatic carbocycles. The fraction of sp³-hybridized carbons (Fsp3) is 0.286. The van der Waals surface area contributed by atoms with Gasteiger partial charge in [0.15, 0.2) is 6.61 Å². The topological polar surface area (TPSA) is 73.2 Å². The van der Waals surface area contributed by atoms with Crippen molar-refractivity contribution in [2.24, 2.45) is 0 Å². The SMILES string of the molecule is Cc1cc(C)c(NC(=O)COC(=O)Cn2c(C)nc3ccccc32)c(C)c1. The van der Waals surface area contributed by atoms with Crippen LogP contribution in [-0.4, -0.2) is 28.0 Å². The lowest BCUT2D eigenvalue weighted by atomic mass is 10.1. The number of amides is 1. The molecule has 6 nitrogen and oxygen atoms in total. The molecule has 27 heavy (non-hydrogen) atoms. The number of para-hydroxylation sites is 2. The van der Waals surface area contributed by atoms with Crippen molar-refractivity contribution in [2.75, 3.05) is 11.9 Å². The zero-order valence-electron chi connectivity index (χ0n) is 16.0. The van der Waals surface area contributed by atoms with Crippen molar-refractivity contribution in [3.8, 4) is 0 Å². The maximum atomic E-state index is 12.2. The Bertz CT molecular complexity index is 998. The van der Waals surface area contributed by atoms with Crippen molar-refractivity contribution in [3.05, 3.63) is 58.9 Å². The van der Waals surface area contributed by atoms with Crippen LogP contribution in [0.1, 0.15) is 22.5 Å². The van der Waals surface area contributed by atoms with Crippen LogP contribution in [0.5, 0.6) is 0 Å². The fourth-order valence-corrected chi connectivity index (χ4v) is 3.27. The van der Waals surface area contributed by atoms with Crippen molar-refractivity contribution < 1.29 is 14.3 Å². The summed E-state index contributed by atoms with van der Waals surface area (Å²) in [5.41, 5.74) is 5.55. The van der Waals surface area contributed by atoms with Gasteiger partial charge in [-0.2, -0.15) is 0 Å². The highest BCUT2D eigenvalue weighted by Crippen LogP contribution is 2.21. The number of fused-ring (bicyclic) bond motifs is 1. The molecule has 3 rings (SSSR count). The maximum Gasteiger partial charge on any atom is 0.326 e. The van der Waals surface area contributed by atoms with Crippen LogP contribution in [0.25, 0.3) is 11.0 Å². The first-order valence-corrected chi connectivity index (χ1v) is 8.80. The highest BCUT2D eigenvalue weighted by molar-refractivity contribution is 5.94. The molecule has 0 saturated carbocycles. The number of aryl methyl sites for hydroxylation is 4. The van der Waals surface area contributed by atoms with Crippen LogP contribution in [0.2, 0.25) is 0 Å². The van der Waals surface area contributed by atoms with Crippen molar-refractivity contribution >= 4 is 28.6 Å². The summed E-state index contributed by atoms with van der Waals surface area (Å²) in [6.45, 7) is 7.42. The van der Waals surface area contributed by atoms with Gasteiger partial charge in [-0.3, -0.25) is 9.59 Å². The molecule has 3 aromatic rings. The summed E-state index contributed by atoms with van der Waals surface area (Å²) in [5, 5.41) is 2.83. The number of imidazole rings is 1. The highest BCUT2D eigenvalue weighted by atomic mass is 16.5. The Hall–Kier alpha value is -3.15. The van der Waals surface area contributed by atoms with Crippen LogP contribution in [0, 0.1) is 27.7 Å². The van der Waals surface area contributed by atoms with Gasteiger partial charge in [-0.15, -0.1) is 0 Å². The summed E-state index contributed by atoms with van der Waals surface area (Å²) in [7, 11) is 0. The van der Waals surface area contributed by atoms with Crippen LogP contribution < -0.4 is 5.32 Å². The molecule has 1 heterocycles. The molecule has 1 N–H and O–H groups in total. The van der Waals surface area contributed by atoms with Crippen molar-refractivity contribution in [1.82, 2.24) is 9.55 Å². The van der Waals surface area contributed by atoms with E-state index < -0.39 is 5.97 Å². The van der Waals surface area contributed by atoms with E-state index in [1.165, 1.54) is 0 Å². The van der Waals surface area contributed by atoms with Gasteiger partial charge < -0.3 is 14.6 Å². The summed E-state index contributed by atoms with van der Waals surface area (Å²) < 4.78 is 6.94. The Morgan fingerprint density at radius 1 is 1.07 bits per heavy atom. The number of hydrogen-bond acceptors (Lipinski definition) is 4. The lowest BCUT2D eigenvalue weighted by molar-refractivity contribution is -0.147. The number of carbonyl (C=O) groups excluding carboxylic acids is 2. The predicted molar refractivity (Wildman–Crippen MR) is 105 cm³/mol. The van der Waals surface area contributed by atoms with Crippen molar-refractivity contribution in [1.29, 1.82) is 0 Å². The van der Waals surface area contributed by atoms with Gasteiger partial charge in [0.25, 0.3) is 5.91 Å². The molecule has 140 valence electrons. The van der Waals surface area contributed by atoms with Crippen molar-refractivity contribution in [2.45, 2.75) is 34.2 Å². The van der Waals surface area contributed by atoms with E-state index in [-0.39, 0.29) is 19.1 Å². The minimum absolute atomic E-state index is 0.0161. The van der Waals surface area contributed by atoms with Crippen LogP contribution in [0.3, 0.4) is 0 Å². The Kier molecular flexibility index (Phi) is 5.26. The molecule has 0 fully saturated rings. The van der Waals surface area contributed by atoms with E-state index in [0.717, 1.165) is 39.2 Å². The van der Waals surface area contributed by atoms with Gasteiger partial charge in [-0.1, -0.05) is 29.8 Å². The monoisotopic (exact) mass is 365 g/mol. The Labute approximate surface area is 158 Å². The molecule has 0 aliphatic rings. The molecule has 6 heteroatoms. The largest absolute Gasteiger partial charge is 0.454 e. The number of ether oxygens (including phenoxy) is 1. The third-order valence-electron chi connectivity index (χ3n) is 4.44. The summed E-state index contributed by atoms with van der Waals surface area (Å²) in [5.74, 6) is -0.108. The minimum Gasteiger partial charge on any atom is -0.454 e. The molecular formula is C21H23N3O3. The number of benzene rings is 2. The zero-order chi connectivity index (χ0) is 19.6. The van der Waals surface area contributed by atoms with E-state index in [9.17, 15) is 9.59 Å². The minimum atomic E-state index is -0.478. The van der Waals surface area contributed by atoms with Gasteiger partial charge in [0.1, 0.15) is 12.4 Å². The molecule has 0 spiro atoms. The Morgan fingerprint density at radius 3 is 2.44 bits per heavy atom. The number of hydrogen-bond donors (Lipinski definition) is 1. The quantitative estimate of drug-likeness (QED) is 0.703. The molecule has 0 bridgehead atoms. The molecule has 0 radical (unpaired) electrons. The predicted octanol–water partition coefficient (Wildman–Crippen LogP) is 3.45. The number of anilines is 1. The van der Waals surface area contributed by atoms with Crippen LogP contribution >= 0.6 is 0 Å². The first kappa shape index (κ1) is 18.6. The molecule has 0 atom stereocenters. The van der Waals surface area contributed by atoms with E-state index in [0.29, 0.717) is 0 Å². The summed E-state index contributed by atoms with van der Waals surface area (Å²) >= 11 is 0. The number of esters is 1. The normalized spacial score (nSPS) is 10.8. The van der Waals surface area contributed by atoms with E-state index in [1.54, 1.807) is 4.57 Å². The average molecular weight is 365 g/mol. The molecule has 1 amide bonds. The zero-order valence-corrected chi connectivity index (χ0v) is 16.0. The lowest BCUT2D eigenvalue weighted by Crippen LogP contribution is -2.24. The molecule has 0 aliphatic heterocycles. The molecular weight excluding hydrogens is 342 g/mol. The van der Waals surface area contributed by atoms with Crippen LogP contribution in [0.15, 0.2) is 36.4 Å². The van der Waals surface area contributed by atoms with E-state index in [2.05, 4.69) is 10.3 Å². The number of aromatic nitrogens is 2. The lowest BCUT2D eigenvalue weighted by Gasteiger charge is -2.13. The average Bonchev–Trinajstić information content (AvgIpc) is 2.92. The number of carbonyl (C=O) groups is 2. The second-order valence-corrected chi connectivity index (χ2v) is 6.72. The second kappa shape index (κ2) is 7.61. The maximum absolute atomic E-state index is 12.2. The smallest absolute Gasteiger partial charge is 0.326 e. The number of nitrogens with zero attached hydrogens (tertiary/aromatic N) is 2. The van der Waals surface area contributed by atoms with Gasteiger partial charge in [0, 0.05) is 5.69 Å².